The zero-order chi connectivity index (χ0) is 17.8. The molecule has 0 unspecified atom stereocenters. The van der Waals surface area contributed by atoms with Crippen LogP contribution in [-0.2, 0) is 9.59 Å². The van der Waals surface area contributed by atoms with Crippen LogP contribution < -0.4 is 0 Å². The molecule has 2 N–H and O–H groups in total. The topological polar surface area (TPSA) is 74.6 Å². The molecule has 4 nitrogen and oxygen atoms in total. The number of aliphatic hydroxyl groups is 1. The summed E-state index contributed by atoms with van der Waals surface area (Å²) in [4.78, 5) is 22.6. The normalized spacial score (nSPS) is 22.0. The maximum atomic E-state index is 12.1. The molecule has 1 aliphatic carbocycles. The van der Waals surface area contributed by atoms with Crippen LogP contribution in [0.4, 0.5) is 0 Å². The summed E-state index contributed by atoms with van der Waals surface area (Å²) >= 11 is 0. The predicted molar refractivity (Wildman–Crippen MR) is 95.9 cm³/mol. The summed E-state index contributed by atoms with van der Waals surface area (Å²) in [5.74, 6) is 0.328. The number of rotatable bonds is 14. The lowest BCUT2D eigenvalue weighted by molar-refractivity contribution is -0.137. The Bertz CT molecular complexity index is 367. The Morgan fingerprint density at radius 1 is 1.08 bits per heavy atom. The summed E-state index contributed by atoms with van der Waals surface area (Å²) in [7, 11) is 0. The van der Waals surface area contributed by atoms with E-state index >= 15 is 0 Å². The monoisotopic (exact) mass is 340 g/mol. The molecule has 0 bridgehead atoms. The third-order valence-electron chi connectivity index (χ3n) is 5.41. The second kappa shape index (κ2) is 12.5. The Labute approximate surface area is 147 Å². The molecule has 0 radical (unpaired) electrons. The first kappa shape index (κ1) is 21.1. The highest BCUT2D eigenvalue weighted by atomic mass is 16.4. The van der Waals surface area contributed by atoms with E-state index in [1.807, 2.05) is 0 Å². The standard InChI is InChI=1S/C20H36O4/c1-2-3-6-9-17(21)14-12-16-13-15-19(22)18(16)10-7-4-5-8-11-20(23)24/h16-18,21H,2-15H2,1H3,(H,23,24)/t16-,17+,18+/m0/s1. The SMILES string of the molecule is CCCCC[C@@H](O)CC[C@H]1CCC(=O)[C@@H]1CCCCCCC(=O)O. The van der Waals surface area contributed by atoms with Gasteiger partial charge in [-0.2, -0.15) is 0 Å². The van der Waals surface area contributed by atoms with E-state index in [0.717, 1.165) is 64.2 Å². The number of carboxylic acids is 1. The van der Waals surface area contributed by atoms with Crippen LogP contribution in [0.3, 0.4) is 0 Å². The molecule has 0 aromatic rings. The minimum atomic E-state index is -0.724. The molecular weight excluding hydrogens is 304 g/mol. The molecule has 0 saturated heterocycles. The van der Waals surface area contributed by atoms with Crippen molar-refractivity contribution in [3.63, 3.8) is 0 Å². The maximum Gasteiger partial charge on any atom is 0.303 e. The lowest BCUT2D eigenvalue weighted by Gasteiger charge is -2.20. The number of aliphatic carboxylic acids is 1. The second-order valence-electron chi connectivity index (χ2n) is 7.45. The van der Waals surface area contributed by atoms with Gasteiger partial charge >= 0.3 is 5.97 Å². The van der Waals surface area contributed by atoms with Crippen LogP contribution in [-0.4, -0.2) is 28.1 Å². The average Bonchev–Trinajstić information content (AvgIpc) is 2.89. The number of hydrogen-bond donors (Lipinski definition) is 2. The molecule has 0 aromatic carbocycles. The number of carbonyl (C=O) groups is 2. The van der Waals surface area contributed by atoms with Crippen LogP contribution in [0.15, 0.2) is 0 Å². The number of carbonyl (C=O) groups excluding carboxylic acids is 1. The van der Waals surface area contributed by atoms with E-state index in [1.165, 1.54) is 12.8 Å². The molecule has 24 heavy (non-hydrogen) atoms. The summed E-state index contributed by atoms with van der Waals surface area (Å²) < 4.78 is 0. The third kappa shape index (κ3) is 8.81. The van der Waals surface area contributed by atoms with Gasteiger partial charge in [0.25, 0.3) is 0 Å². The van der Waals surface area contributed by atoms with Gasteiger partial charge in [-0.15, -0.1) is 0 Å². The van der Waals surface area contributed by atoms with E-state index in [1.54, 1.807) is 0 Å². The van der Waals surface area contributed by atoms with Gasteiger partial charge in [0.15, 0.2) is 0 Å². The molecule has 1 saturated carbocycles. The second-order valence-corrected chi connectivity index (χ2v) is 7.45. The first-order valence-corrected chi connectivity index (χ1v) is 9.97. The van der Waals surface area contributed by atoms with Crippen LogP contribution in [0.25, 0.3) is 0 Å². The molecular formula is C20H36O4. The summed E-state index contributed by atoms with van der Waals surface area (Å²) in [6.07, 6.45) is 12.6. The molecule has 0 spiro atoms. The van der Waals surface area contributed by atoms with Gasteiger partial charge in [-0.25, -0.2) is 0 Å². The predicted octanol–water partition coefficient (Wildman–Crippen LogP) is 4.73. The fourth-order valence-corrected chi connectivity index (χ4v) is 3.89. The fourth-order valence-electron chi connectivity index (χ4n) is 3.89. The van der Waals surface area contributed by atoms with E-state index in [2.05, 4.69) is 6.92 Å². The van der Waals surface area contributed by atoms with Crippen molar-refractivity contribution in [3.8, 4) is 0 Å². The summed E-state index contributed by atoms with van der Waals surface area (Å²) in [5, 5.41) is 18.7. The maximum absolute atomic E-state index is 12.1. The van der Waals surface area contributed by atoms with Crippen molar-refractivity contribution in [2.24, 2.45) is 11.8 Å². The number of hydrogen-bond acceptors (Lipinski definition) is 3. The summed E-state index contributed by atoms with van der Waals surface area (Å²) in [5.41, 5.74) is 0. The minimum Gasteiger partial charge on any atom is -0.481 e. The number of carboxylic acid groups (broad SMARTS) is 1. The van der Waals surface area contributed by atoms with Gasteiger partial charge in [-0.1, -0.05) is 45.4 Å². The number of unbranched alkanes of at least 4 members (excludes halogenated alkanes) is 5. The number of ketones is 1. The molecule has 0 aliphatic heterocycles. The molecule has 1 aliphatic rings. The third-order valence-corrected chi connectivity index (χ3v) is 5.41. The van der Waals surface area contributed by atoms with Crippen LogP contribution in [0.5, 0.6) is 0 Å². The van der Waals surface area contributed by atoms with E-state index in [-0.39, 0.29) is 18.4 Å². The first-order chi connectivity index (χ1) is 11.5. The summed E-state index contributed by atoms with van der Waals surface area (Å²) in [6.45, 7) is 2.17. The Morgan fingerprint density at radius 3 is 2.54 bits per heavy atom. The van der Waals surface area contributed by atoms with Crippen LogP contribution in [0.2, 0.25) is 0 Å². The zero-order valence-electron chi connectivity index (χ0n) is 15.3. The highest BCUT2D eigenvalue weighted by Crippen LogP contribution is 2.36. The Kier molecular flexibility index (Phi) is 11.0. The van der Waals surface area contributed by atoms with Crippen molar-refractivity contribution in [2.45, 2.75) is 103 Å². The van der Waals surface area contributed by atoms with Crippen molar-refractivity contribution in [3.05, 3.63) is 0 Å². The zero-order valence-corrected chi connectivity index (χ0v) is 15.3. The van der Waals surface area contributed by atoms with Crippen LogP contribution in [0, 0.1) is 11.8 Å². The van der Waals surface area contributed by atoms with Gasteiger partial charge in [0.05, 0.1) is 6.10 Å². The van der Waals surface area contributed by atoms with Crippen molar-refractivity contribution >= 4 is 11.8 Å². The Morgan fingerprint density at radius 2 is 1.83 bits per heavy atom. The molecule has 0 amide bonds. The smallest absolute Gasteiger partial charge is 0.303 e. The lowest BCUT2D eigenvalue weighted by Crippen LogP contribution is -2.17. The molecule has 0 heterocycles. The number of aliphatic hydroxyl groups excluding tert-OH is 1. The Balaban J connectivity index is 2.19. The first-order valence-electron chi connectivity index (χ1n) is 9.97. The number of Topliss-reactive ketones (excluding diaryl/α,β-unsaturated/α-hetero) is 1. The molecule has 140 valence electrons. The van der Waals surface area contributed by atoms with Gasteiger partial charge in [-0.05, 0) is 44.4 Å². The van der Waals surface area contributed by atoms with Gasteiger partial charge < -0.3 is 10.2 Å². The van der Waals surface area contributed by atoms with E-state index in [9.17, 15) is 14.7 Å². The van der Waals surface area contributed by atoms with Crippen molar-refractivity contribution in [1.82, 2.24) is 0 Å². The highest BCUT2D eigenvalue weighted by molar-refractivity contribution is 5.83. The summed E-state index contributed by atoms with van der Waals surface area (Å²) in [6, 6.07) is 0. The molecule has 0 aromatic heterocycles. The molecule has 1 rings (SSSR count). The van der Waals surface area contributed by atoms with E-state index < -0.39 is 5.97 Å². The van der Waals surface area contributed by atoms with Crippen LogP contribution >= 0.6 is 0 Å². The molecule has 4 heteroatoms. The molecule has 1 fully saturated rings. The van der Waals surface area contributed by atoms with Crippen LogP contribution in [0.1, 0.15) is 96.8 Å². The fraction of sp³-hybridized carbons (Fsp3) is 0.900. The van der Waals surface area contributed by atoms with Crippen molar-refractivity contribution in [2.75, 3.05) is 0 Å². The average molecular weight is 341 g/mol. The molecule has 3 atom stereocenters. The van der Waals surface area contributed by atoms with Gasteiger partial charge in [0.1, 0.15) is 5.78 Å². The van der Waals surface area contributed by atoms with Gasteiger partial charge in [-0.3, -0.25) is 9.59 Å². The highest BCUT2D eigenvalue weighted by Gasteiger charge is 2.33. The van der Waals surface area contributed by atoms with Crippen molar-refractivity contribution in [1.29, 1.82) is 0 Å². The lowest BCUT2D eigenvalue weighted by atomic mass is 9.86. The van der Waals surface area contributed by atoms with E-state index in [0.29, 0.717) is 18.1 Å². The Hall–Kier alpha value is -0.900. The minimum absolute atomic E-state index is 0.187. The largest absolute Gasteiger partial charge is 0.481 e. The van der Waals surface area contributed by atoms with Gasteiger partial charge in [0.2, 0.25) is 0 Å². The van der Waals surface area contributed by atoms with E-state index in [4.69, 9.17) is 5.11 Å². The van der Waals surface area contributed by atoms with Crippen molar-refractivity contribution < 1.29 is 19.8 Å². The quantitative estimate of drug-likeness (QED) is 0.448. The van der Waals surface area contributed by atoms with Gasteiger partial charge in [0, 0.05) is 18.8 Å².